The SMILES string of the molecule is Cc1cc(C)n(N=CCCc2ccccc2)c(=O)c1C#N. The van der Waals surface area contributed by atoms with Crippen molar-refractivity contribution >= 4 is 6.21 Å². The maximum Gasteiger partial charge on any atom is 0.289 e. The van der Waals surface area contributed by atoms with Gasteiger partial charge in [0, 0.05) is 11.9 Å². The van der Waals surface area contributed by atoms with E-state index in [9.17, 15) is 4.79 Å². The Bertz CT molecular complexity index is 752. The first-order chi connectivity index (χ1) is 10.1. The molecule has 1 aromatic heterocycles. The van der Waals surface area contributed by atoms with Crippen LogP contribution in [0.4, 0.5) is 0 Å². The van der Waals surface area contributed by atoms with Crippen molar-refractivity contribution in [3.05, 3.63) is 69.1 Å². The summed E-state index contributed by atoms with van der Waals surface area (Å²) in [5.74, 6) is 0. The number of nitrogens with zero attached hydrogens (tertiary/aromatic N) is 3. The van der Waals surface area contributed by atoms with Crippen molar-refractivity contribution in [2.75, 3.05) is 0 Å². The molecule has 1 heterocycles. The predicted molar refractivity (Wildman–Crippen MR) is 83.5 cm³/mol. The lowest BCUT2D eigenvalue weighted by atomic mass is 10.1. The zero-order valence-corrected chi connectivity index (χ0v) is 12.2. The minimum Gasteiger partial charge on any atom is -0.266 e. The second kappa shape index (κ2) is 6.67. The van der Waals surface area contributed by atoms with Crippen LogP contribution in [0.5, 0.6) is 0 Å². The molecule has 2 aromatic rings. The molecule has 0 amide bonds. The number of hydrogen-bond acceptors (Lipinski definition) is 3. The Hall–Kier alpha value is -2.67. The van der Waals surface area contributed by atoms with Gasteiger partial charge in [0.15, 0.2) is 0 Å². The van der Waals surface area contributed by atoms with Crippen LogP contribution in [-0.2, 0) is 6.42 Å². The molecule has 0 aliphatic carbocycles. The van der Waals surface area contributed by atoms with E-state index in [0.29, 0.717) is 5.56 Å². The summed E-state index contributed by atoms with van der Waals surface area (Å²) in [5.41, 5.74) is 2.45. The highest BCUT2D eigenvalue weighted by Crippen LogP contribution is 2.05. The topological polar surface area (TPSA) is 58.1 Å². The molecule has 0 aliphatic heterocycles. The zero-order chi connectivity index (χ0) is 15.2. The smallest absolute Gasteiger partial charge is 0.266 e. The molecule has 0 bridgehead atoms. The van der Waals surface area contributed by atoms with Crippen molar-refractivity contribution in [2.45, 2.75) is 26.7 Å². The minimum absolute atomic E-state index is 0.154. The van der Waals surface area contributed by atoms with Gasteiger partial charge in [0.25, 0.3) is 5.56 Å². The minimum atomic E-state index is -0.356. The van der Waals surface area contributed by atoms with Gasteiger partial charge in [-0.2, -0.15) is 10.4 Å². The monoisotopic (exact) mass is 279 g/mol. The van der Waals surface area contributed by atoms with Crippen molar-refractivity contribution in [1.82, 2.24) is 4.68 Å². The molecule has 0 aliphatic rings. The summed E-state index contributed by atoms with van der Waals surface area (Å²) in [6.45, 7) is 3.57. The van der Waals surface area contributed by atoms with Crippen LogP contribution in [0.2, 0.25) is 0 Å². The molecular formula is C17H17N3O. The summed E-state index contributed by atoms with van der Waals surface area (Å²) in [4.78, 5) is 12.1. The molecule has 0 saturated heterocycles. The molecule has 21 heavy (non-hydrogen) atoms. The summed E-state index contributed by atoms with van der Waals surface area (Å²) < 4.78 is 1.29. The number of benzene rings is 1. The highest BCUT2D eigenvalue weighted by molar-refractivity contribution is 5.57. The Labute approximate surface area is 124 Å². The van der Waals surface area contributed by atoms with E-state index in [2.05, 4.69) is 17.2 Å². The Morgan fingerprint density at radius 3 is 2.67 bits per heavy atom. The predicted octanol–water partition coefficient (Wildman–Crippen LogP) is 2.80. The van der Waals surface area contributed by atoms with E-state index in [-0.39, 0.29) is 11.1 Å². The normalized spacial score (nSPS) is 10.7. The van der Waals surface area contributed by atoms with E-state index in [1.165, 1.54) is 10.2 Å². The molecule has 0 unspecified atom stereocenters. The summed E-state index contributed by atoms with van der Waals surface area (Å²) in [7, 11) is 0. The molecule has 1 aromatic carbocycles. The van der Waals surface area contributed by atoms with Gasteiger partial charge >= 0.3 is 0 Å². The lowest BCUT2D eigenvalue weighted by molar-refractivity contribution is 0.781. The van der Waals surface area contributed by atoms with Crippen LogP contribution in [0.3, 0.4) is 0 Å². The van der Waals surface area contributed by atoms with E-state index < -0.39 is 0 Å². The van der Waals surface area contributed by atoms with Gasteiger partial charge in [-0.15, -0.1) is 0 Å². The quantitative estimate of drug-likeness (QED) is 0.808. The van der Waals surface area contributed by atoms with Crippen LogP contribution in [0.25, 0.3) is 0 Å². The Morgan fingerprint density at radius 1 is 1.29 bits per heavy atom. The standard InChI is InChI=1S/C17H17N3O/c1-13-11-14(2)20(17(21)16(13)12-18)19-10-6-9-15-7-4-3-5-8-15/h3-5,7-8,10-11H,6,9H2,1-2H3. The van der Waals surface area contributed by atoms with Gasteiger partial charge in [-0.3, -0.25) is 4.79 Å². The Kier molecular flexibility index (Phi) is 4.68. The van der Waals surface area contributed by atoms with Crippen molar-refractivity contribution in [3.63, 3.8) is 0 Å². The molecule has 0 spiro atoms. The van der Waals surface area contributed by atoms with E-state index >= 15 is 0 Å². The fourth-order valence-corrected chi connectivity index (χ4v) is 2.18. The Morgan fingerprint density at radius 2 is 2.00 bits per heavy atom. The molecule has 4 nitrogen and oxygen atoms in total. The van der Waals surface area contributed by atoms with Crippen molar-refractivity contribution in [3.8, 4) is 6.07 Å². The fraction of sp³-hybridized carbons (Fsp3) is 0.235. The summed E-state index contributed by atoms with van der Waals surface area (Å²) in [5, 5.41) is 13.2. The van der Waals surface area contributed by atoms with Crippen LogP contribution < -0.4 is 5.56 Å². The van der Waals surface area contributed by atoms with Gasteiger partial charge in [0.05, 0.1) is 0 Å². The van der Waals surface area contributed by atoms with Crippen LogP contribution in [0.1, 0.15) is 28.8 Å². The molecule has 0 saturated carbocycles. The second-order valence-corrected chi connectivity index (χ2v) is 4.89. The maximum atomic E-state index is 12.1. The third-order valence-corrected chi connectivity index (χ3v) is 3.27. The molecule has 0 atom stereocenters. The molecule has 2 rings (SSSR count). The maximum absolute atomic E-state index is 12.1. The fourth-order valence-electron chi connectivity index (χ4n) is 2.18. The Balaban J connectivity index is 2.15. The van der Waals surface area contributed by atoms with Gasteiger partial charge in [-0.05, 0) is 43.9 Å². The highest BCUT2D eigenvalue weighted by atomic mass is 16.1. The number of nitriles is 1. The zero-order valence-electron chi connectivity index (χ0n) is 12.2. The average molecular weight is 279 g/mol. The first-order valence-electron chi connectivity index (χ1n) is 6.83. The highest BCUT2D eigenvalue weighted by Gasteiger charge is 2.08. The first-order valence-corrected chi connectivity index (χ1v) is 6.83. The molecule has 0 radical (unpaired) electrons. The summed E-state index contributed by atoms with van der Waals surface area (Å²) in [6.07, 6.45) is 3.33. The van der Waals surface area contributed by atoms with Gasteiger partial charge < -0.3 is 0 Å². The van der Waals surface area contributed by atoms with E-state index in [0.717, 1.165) is 18.5 Å². The van der Waals surface area contributed by atoms with Crippen LogP contribution in [0.15, 0.2) is 46.3 Å². The summed E-state index contributed by atoms with van der Waals surface area (Å²) >= 11 is 0. The third kappa shape index (κ3) is 3.46. The van der Waals surface area contributed by atoms with E-state index in [1.54, 1.807) is 19.2 Å². The van der Waals surface area contributed by atoms with Gasteiger partial charge in [-0.25, -0.2) is 4.68 Å². The van der Waals surface area contributed by atoms with Crippen LogP contribution in [0, 0.1) is 25.2 Å². The number of hydrogen-bond donors (Lipinski definition) is 0. The molecule has 106 valence electrons. The second-order valence-electron chi connectivity index (χ2n) is 4.89. The largest absolute Gasteiger partial charge is 0.289 e. The number of aromatic nitrogens is 1. The van der Waals surface area contributed by atoms with Crippen molar-refractivity contribution < 1.29 is 0 Å². The van der Waals surface area contributed by atoms with Gasteiger partial charge in [0.2, 0.25) is 0 Å². The van der Waals surface area contributed by atoms with Crippen molar-refractivity contribution in [2.24, 2.45) is 5.10 Å². The third-order valence-electron chi connectivity index (χ3n) is 3.27. The molecule has 4 heteroatoms. The lowest BCUT2D eigenvalue weighted by Gasteiger charge is -2.06. The van der Waals surface area contributed by atoms with Gasteiger partial charge in [-0.1, -0.05) is 30.3 Å². The lowest BCUT2D eigenvalue weighted by Crippen LogP contribution is -2.22. The first kappa shape index (κ1) is 14.7. The number of pyridine rings is 1. The molecular weight excluding hydrogens is 262 g/mol. The van der Waals surface area contributed by atoms with E-state index in [4.69, 9.17) is 5.26 Å². The van der Waals surface area contributed by atoms with Gasteiger partial charge in [0.1, 0.15) is 11.6 Å². The molecule has 0 N–H and O–H groups in total. The average Bonchev–Trinajstić information content (AvgIpc) is 2.47. The summed E-state index contributed by atoms with van der Waals surface area (Å²) in [6, 6.07) is 13.8. The molecule has 0 fully saturated rings. The van der Waals surface area contributed by atoms with E-state index in [1.807, 2.05) is 31.2 Å². The number of rotatable bonds is 4. The van der Waals surface area contributed by atoms with Crippen LogP contribution >= 0.6 is 0 Å². The van der Waals surface area contributed by atoms with Crippen LogP contribution in [-0.4, -0.2) is 10.9 Å². The van der Waals surface area contributed by atoms with Crippen molar-refractivity contribution in [1.29, 1.82) is 5.26 Å². The number of aryl methyl sites for hydroxylation is 3.